The molecule has 4 heterocycles. The maximum Gasteiger partial charge on any atom is 0.229 e. The number of benzene rings is 1. The first-order valence-electron chi connectivity index (χ1n) is 11.2. The summed E-state index contributed by atoms with van der Waals surface area (Å²) in [4.78, 5) is 17.8. The smallest absolute Gasteiger partial charge is 0.229 e. The normalized spacial score (nSPS) is 20.1. The Morgan fingerprint density at radius 2 is 1.12 bits per heavy atom. The predicted octanol–water partition coefficient (Wildman–Crippen LogP) is 2.27. The first kappa shape index (κ1) is 21.5. The topological polar surface area (TPSA) is 57.2 Å². The number of hydrogen-bond acceptors (Lipinski definition) is 8. The summed E-state index contributed by atoms with van der Waals surface area (Å²) in [5.41, 5.74) is 1.15. The van der Waals surface area contributed by atoms with Crippen molar-refractivity contribution in [2.45, 2.75) is 0 Å². The van der Waals surface area contributed by atoms with E-state index in [2.05, 4.69) is 9.80 Å². The van der Waals surface area contributed by atoms with Crippen molar-refractivity contribution in [3.8, 4) is 0 Å². The molecule has 3 saturated heterocycles. The van der Waals surface area contributed by atoms with Crippen LogP contribution < -0.4 is 19.6 Å². The molecule has 0 atom stereocenters. The number of morpholine rings is 2. The first-order valence-corrected chi connectivity index (χ1v) is 11.6. The molecule has 3 fully saturated rings. The van der Waals surface area contributed by atoms with Crippen LogP contribution in [0.15, 0.2) is 24.3 Å². The molecular formula is C22H28ClFN6O2. The summed E-state index contributed by atoms with van der Waals surface area (Å²) in [6, 6.07) is 7.91. The summed E-state index contributed by atoms with van der Waals surface area (Å²) in [5.74, 6) is 0.988. The van der Waals surface area contributed by atoms with Gasteiger partial charge in [-0.15, -0.1) is 0 Å². The molecule has 0 aliphatic carbocycles. The van der Waals surface area contributed by atoms with Crippen molar-refractivity contribution in [1.82, 2.24) is 9.97 Å². The van der Waals surface area contributed by atoms with Crippen molar-refractivity contribution in [3.63, 3.8) is 0 Å². The number of ether oxygens (including phenoxy) is 2. The molecule has 8 nitrogen and oxygen atoms in total. The molecule has 0 unspecified atom stereocenters. The number of piperazine rings is 1. The van der Waals surface area contributed by atoms with Gasteiger partial charge in [-0.3, -0.25) is 0 Å². The van der Waals surface area contributed by atoms with Crippen LogP contribution in [0.5, 0.6) is 0 Å². The van der Waals surface area contributed by atoms with Crippen molar-refractivity contribution >= 4 is 34.9 Å². The quantitative estimate of drug-likeness (QED) is 0.686. The van der Waals surface area contributed by atoms with E-state index in [9.17, 15) is 0 Å². The molecule has 1 aromatic heterocycles. The van der Waals surface area contributed by atoms with E-state index in [0.717, 1.165) is 36.9 Å². The summed E-state index contributed by atoms with van der Waals surface area (Å²) < 4.78 is 26.5. The third-order valence-electron chi connectivity index (χ3n) is 6.18. The predicted molar refractivity (Wildman–Crippen MR) is 124 cm³/mol. The lowest BCUT2D eigenvalue weighted by atomic mass is 10.2. The van der Waals surface area contributed by atoms with Gasteiger partial charge in [0.15, 0.2) is 11.6 Å². The van der Waals surface area contributed by atoms with Crippen LogP contribution in [0, 0.1) is 5.82 Å². The number of halogens is 2. The third kappa shape index (κ3) is 4.55. The van der Waals surface area contributed by atoms with Crippen molar-refractivity contribution in [1.29, 1.82) is 0 Å². The molecule has 0 radical (unpaired) electrons. The molecule has 3 aliphatic heterocycles. The third-order valence-corrected chi connectivity index (χ3v) is 6.43. The maximum atomic E-state index is 15.6. The zero-order valence-electron chi connectivity index (χ0n) is 18.1. The Morgan fingerprint density at radius 1 is 0.656 bits per heavy atom. The lowest BCUT2D eigenvalue weighted by Gasteiger charge is -2.37. The summed E-state index contributed by atoms with van der Waals surface area (Å²) in [6.07, 6.45) is 0. The summed E-state index contributed by atoms with van der Waals surface area (Å²) >= 11 is 6.03. The van der Waals surface area contributed by atoms with Crippen LogP contribution in [0.3, 0.4) is 0 Å². The molecule has 5 rings (SSSR count). The Kier molecular flexibility index (Phi) is 6.47. The Morgan fingerprint density at radius 3 is 1.62 bits per heavy atom. The van der Waals surface area contributed by atoms with E-state index < -0.39 is 0 Å². The summed E-state index contributed by atoms with van der Waals surface area (Å²) in [5, 5.41) is 0.735. The van der Waals surface area contributed by atoms with E-state index in [4.69, 9.17) is 31.0 Å². The van der Waals surface area contributed by atoms with Crippen LogP contribution in [0.1, 0.15) is 0 Å². The highest BCUT2D eigenvalue weighted by Gasteiger charge is 2.28. The van der Waals surface area contributed by atoms with Gasteiger partial charge < -0.3 is 29.1 Å². The summed E-state index contributed by atoms with van der Waals surface area (Å²) in [7, 11) is 0. The largest absolute Gasteiger partial charge is 0.378 e. The first-order chi connectivity index (χ1) is 15.7. The number of rotatable bonds is 4. The van der Waals surface area contributed by atoms with E-state index in [1.807, 2.05) is 34.1 Å². The second-order valence-electron chi connectivity index (χ2n) is 8.13. The molecule has 1 aromatic carbocycles. The fourth-order valence-electron chi connectivity index (χ4n) is 4.34. The SMILES string of the molecule is Fc1c(N2CCOCC2)nc(N2CCN(c3ccc(Cl)cc3)CC2)nc1N1CCOCC1. The highest BCUT2D eigenvalue weighted by atomic mass is 35.5. The number of anilines is 4. The van der Waals surface area contributed by atoms with E-state index in [0.29, 0.717) is 70.2 Å². The minimum absolute atomic E-state index is 0.350. The average Bonchev–Trinajstić information content (AvgIpc) is 2.86. The van der Waals surface area contributed by atoms with Gasteiger partial charge in [-0.2, -0.15) is 14.4 Å². The molecular weight excluding hydrogens is 435 g/mol. The van der Waals surface area contributed by atoms with Crippen molar-refractivity contribution in [2.75, 3.05) is 98.4 Å². The van der Waals surface area contributed by atoms with Crippen molar-refractivity contribution in [2.24, 2.45) is 0 Å². The standard InChI is InChI=1S/C22H28ClFN6O2/c23-17-1-3-18(4-2-17)27-5-7-30(8-6-27)22-25-20(28-9-13-31-14-10-28)19(24)21(26-22)29-11-15-32-16-12-29/h1-4H,5-16H2. The van der Waals surface area contributed by atoms with Gasteiger partial charge in [-0.25, -0.2) is 0 Å². The molecule has 0 bridgehead atoms. The Hall–Kier alpha value is -2.36. The van der Waals surface area contributed by atoms with Gasteiger partial charge in [-0.1, -0.05) is 11.6 Å². The fraction of sp³-hybridized carbons (Fsp3) is 0.545. The Labute approximate surface area is 192 Å². The number of nitrogens with zero attached hydrogens (tertiary/aromatic N) is 6. The second-order valence-corrected chi connectivity index (χ2v) is 8.57. The zero-order valence-corrected chi connectivity index (χ0v) is 18.8. The lowest BCUT2D eigenvalue weighted by molar-refractivity contribution is 0.121. The highest BCUT2D eigenvalue weighted by molar-refractivity contribution is 6.30. The van der Waals surface area contributed by atoms with Crippen molar-refractivity contribution < 1.29 is 13.9 Å². The fourth-order valence-corrected chi connectivity index (χ4v) is 4.47. The minimum atomic E-state index is -0.350. The monoisotopic (exact) mass is 462 g/mol. The van der Waals surface area contributed by atoms with Gasteiger partial charge in [0.1, 0.15) is 0 Å². The molecule has 0 amide bonds. The lowest BCUT2D eigenvalue weighted by Crippen LogP contribution is -2.47. The van der Waals surface area contributed by atoms with Crippen LogP contribution in [0.25, 0.3) is 0 Å². The van der Waals surface area contributed by atoms with Gasteiger partial charge in [0.05, 0.1) is 26.4 Å². The summed E-state index contributed by atoms with van der Waals surface area (Å²) in [6.45, 7) is 8.00. The van der Waals surface area contributed by atoms with Crippen LogP contribution in [-0.2, 0) is 9.47 Å². The minimum Gasteiger partial charge on any atom is -0.378 e. The van der Waals surface area contributed by atoms with E-state index in [1.165, 1.54) is 0 Å². The van der Waals surface area contributed by atoms with Crippen LogP contribution in [0.2, 0.25) is 5.02 Å². The molecule has 0 spiro atoms. The van der Waals surface area contributed by atoms with E-state index in [-0.39, 0.29) is 5.82 Å². The molecule has 0 saturated carbocycles. The molecule has 10 heteroatoms. The molecule has 3 aliphatic rings. The van der Waals surface area contributed by atoms with Gasteiger partial charge in [0, 0.05) is 63.1 Å². The molecule has 2 aromatic rings. The van der Waals surface area contributed by atoms with E-state index in [1.54, 1.807) is 0 Å². The van der Waals surface area contributed by atoms with Gasteiger partial charge in [0.25, 0.3) is 0 Å². The van der Waals surface area contributed by atoms with Gasteiger partial charge >= 0.3 is 0 Å². The number of hydrogen-bond donors (Lipinski definition) is 0. The second kappa shape index (κ2) is 9.64. The van der Waals surface area contributed by atoms with Crippen LogP contribution >= 0.6 is 11.6 Å². The van der Waals surface area contributed by atoms with Crippen LogP contribution in [0.4, 0.5) is 27.7 Å². The van der Waals surface area contributed by atoms with Crippen molar-refractivity contribution in [3.05, 3.63) is 35.1 Å². The maximum absolute atomic E-state index is 15.6. The van der Waals surface area contributed by atoms with Gasteiger partial charge in [-0.05, 0) is 24.3 Å². The highest BCUT2D eigenvalue weighted by Crippen LogP contribution is 2.30. The van der Waals surface area contributed by atoms with Crippen LogP contribution in [-0.4, -0.2) is 88.8 Å². The Balaban J connectivity index is 1.39. The molecule has 172 valence electrons. The Bertz CT molecular complexity index is 874. The zero-order chi connectivity index (χ0) is 21.9. The molecule has 0 N–H and O–H groups in total. The van der Waals surface area contributed by atoms with Gasteiger partial charge in [0.2, 0.25) is 11.8 Å². The molecule has 32 heavy (non-hydrogen) atoms. The van der Waals surface area contributed by atoms with E-state index >= 15 is 4.39 Å². The number of aromatic nitrogens is 2. The average molecular weight is 463 g/mol.